The maximum atomic E-state index is 2.12. The first-order valence-corrected chi connectivity index (χ1v) is 3.16. The molecule has 0 bridgehead atoms. The van der Waals surface area contributed by atoms with Gasteiger partial charge in [-0.1, -0.05) is 18.2 Å². The zero-order chi connectivity index (χ0) is 6.69. The number of quaternary nitrogens is 1. The van der Waals surface area contributed by atoms with Crippen molar-refractivity contribution in [2.75, 3.05) is 14.1 Å². The van der Waals surface area contributed by atoms with E-state index in [9.17, 15) is 0 Å². The van der Waals surface area contributed by atoms with E-state index in [2.05, 4.69) is 38.4 Å². The molecule has 12 heavy (non-hydrogen) atoms. The van der Waals surface area contributed by atoms with Crippen LogP contribution in [0.3, 0.4) is 0 Å². The van der Waals surface area contributed by atoms with Crippen LogP contribution in [0, 0.1) is 0 Å². The number of hydrogen-bond acceptors (Lipinski definition) is 0. The number of halogens is 2. The number of rotatable bonds is 1. The molecular formula is C8H12Cl2NZr. The molecule has 0 fully saturated rings. The summed E-state index contributed by atoms with van der Waals surface area (Å²) in [6.45, 7) is 0. The van der Waals surface area contributed by atoms with Crippen LogP contribution in [-0.2, 0) is 26.2 Å². The first-order chi connectivity index (χ1) is 4.30. The molecule has 0 atom stereocenters. The molecule has 0 saturated heterocycles. The minimum Gasteiger partial charge on any atom is -1.00 e. The molecule has 0 unspecified atom stereocenters. The fraction of sp³-hybridized carbons (Fsp3) is 0.250. The Hall–Kier alpha value is 0.643. The van der Waals surface area contributed by atoms with Crippen molar-refractivity contribution in [1.82, 2.24) is 0 Å². The molecule has 1 N–H and O–H groups in total. The molecule has 0 saturated carbocycles. The van der Waals surface area contributed by atoms with Crippen LogP contribution in [0.25, 0.3) is 0 Å². The fourth-order valence-electron chi connectivity index (χ4n) is 0.771. The summed E-state index contributed by atoms with van der Waals surface area (Å²) in [5.41, 5.74) is 1.33. The largest absolute Gasteiger partial charge is 1.00 e. The van der Waals surface area contributed by atoms with Crippen LogP contribution in [0.1, 0.15) is 0 Å². The van der Waals surface area contributed by atoms with Gasteiger partial charge in [-0.3, -0.25) is 0 Å². The van der Waals surface area contributed by atoms with Crippen molar-refractivity contribution in [3.63, 3.8) is 0 Å². The smallest absolute Gasteiger partial charge is 1.00 e. The second-order valence-electron chi connectivity index (χ2n) is 2.37. The van der Waals surface area contributed by atoms with Crippen molar-refractivity contribution in [1.29, 1.82) is 0 Å². The van der Waals surface area contributed by atoms with Gasteiger partial charge >= 0.3 is 26.2 Å². The van der Waals surface area contributed by atoms with Crippen molar-refractivity contribution in [3.05, 3.63) is 30.3 Å². The molecule has 4 heteroatoms. The normalized spacial score (nSPS) is 7.58. The number of nitrogens with one attached hydrogen (secondary N) is 1. The Morgan fingerprint density at radius 1 is 0.917 bits per heavy atom. The van der Waals surface area contributed by atoms with Crippen LogP contribution in [0.5, 0.6) is 0 Å². The standard InChI is InChI=1S/C8H11N.2ClH.Zr/c1-9(2)8-6-4-3-5-7-8;;;/h3-7H,1-2H3;2*1H;/q;;;+1/p-1. The molecule has 0 spiro atoms. The summed E-state index contributed by atoms with van der Waals surface area (Å²) in [4.78, 5) is 1.37. The van der Waals surface area contributed by atoms with Gasteiger partial charge in [0.2, 0.25) is 0 Å². The second kappa shape index (κ2) is 9.73. The maximum Gasteiger partial charge on any atom is 1.00 e. The van der Waals surface area contributed by atoms with Crippen molar-refractivity contribution < 1.29 is 55.9 Å². The third-order valence-electron chi connectivity index (χ3n) is 1.35. The van der Waals surface area contributed by atoms with Crippen molar-refractivity contribution in [3.8, 4) is 0 Å². The summed E-state index contributed by atoms with van der Waals surface area (Å²) < 4.78 is 0. The summed E-state index contributed by atoms with van der Waals surface area (Å²) >= 11 is 0. The van der Waals surface area contributed by atoms with Crippen molar-refractivity contribution in [2.45, 2.75) is 0 Å². The summed E-state index contributed by atoms with van der Waals surface area (Å²) in [6, 6.07) is 10.4. The van der Waals surface area contributed by atoms with Crippen LogP contribution in [-0.4, -0.2) is 14.1 Å². The molecule has 0 aromatic heterocycles. The zero-order valence-electron chi connectivity index (χ0n) is 7.14. The Morgan fingerprint density at radius 2 is 1.33 bits per heavy atom. The molecule has 0 amide bonds. The molecule has 67 valence electrons. The number of para-hydroxylation sites is 1. The average molecular weight is 284 g/mol. The predicted octanol–water partition coefficient (Wildman–Crippen LogP) is -5.53. The van der Waals surface area contributed by atoms with Crippen LogP contribution in [0.15, 0.2) is 30.3 Å². The molecule has 1 nitrogen and oxygen atoms in total. The van der Waals surface area contributed by atoms with Gasteiger partial charge in [0.1, 0.15) is 5.69 Å². The van der Waals surface area contributed by atoms with Crippen LogP contribution in [0.2, 0.25) is 0 Å². The van der Waals surface area contributed by atoms with Gasteiger partial charge in [-0.2, -0.15) is 0 Å². The molecule has 1 rings (SSSR count). The van der Waals surface area contributed by atoms with E-state index in [1.165, 1.54) is 10.6 Å². The minimum atomic E-state index is 0. The molecule has 1 aromatic carbocycles. The van der Waals surface area contributed by atoms with Gasteiger partial charge in [-0.05, 0) is 12.1 Å². The molecular weight excluding hydrogens is 272 g/mol. The molecule has 1 radical (unpaired) electrons. The van der Waals surface area contributed by atoms with Gasteiger partial charge in [0.05, 0.1) is 14.1 Å². The van der Waals surface area contributed by atoms with E-state index >= 15 is 0 Å². The van der Waals surface area contributed by atoms with Gasteiger partial charge in [0.25, 0.3) is 0 Å². The SMILES string of the molecule is C[NH+](C)c1ccccc1.[Cl-].[Cl-].[Zr+]. The Bertz CT molecular complexity index is 180. The Balaban J connectivity index is -0.000000270. The fourth-order valence-corrected chi connectivity index (χ4v) is 0.771. The Morgan fingerprint density at radius 3 is 1.58 bits per heavy atom. The van der Waals surface area contributed by atoms with Crippen molar-refractivity contribution >= 4 is 5.69 Å². The van der Waals surface area contributed by atoms with E-state index < -0.39 is 0 Å². The zero-order valence-corrected chi connectivity index (χ0v) is 11.1. The third kappa shape index (κ3) is 6.19. The maximum absolute atomic E-state index is 2.12. The van der Waals surface area contributed by atoms with E-state index in [1.807, 2.05) is 6.07 Å². The predicted molar refractivity (Wildman–Crippen MR) is 38.9 cm³/mol. The van der Waals surface area contributed by atoms with Crippen molar-refractivity contribution in [2.24, 2.45) is 0 Å². The summed E-state index contributed by atoms with van der Waals surface area (Å²) in [6.07, 6.45) is 0. The van der Waals surface area contributed by atoms with E-state index in [-0.39, 0.29) is 51.0 Å². The molecule has 0 aliphatic carbocycles. The topological polar surface area (TPSA) is 4.44 Å². The van der Waals surface area contributed by atoms with Gasteiger partial charge in [-0.15, -0.1) is 0 Å². The van der Waals surface area contributed by atoms with Gasteiger partial charge in [0.15, 0.2) is 0 Å². The molecule has 0 heterocycles. The van der Waals surface area contributed by atoms with Gasteiger partial charge in [-0.25, -0.2) is 0 Å². The number of benzene rings is 1. The first-order valence-electron chi connectivity index (χ1n) is 3.16. The minimum absolute atomic E-state index is 0. The monoisotopic (exact) mass is 282 g/mol. The first kappa shape index (κ1) is 18.4. The van der Waals surface area contributed by atoms with Gasteiger partial charge in [0, 0.05) is 0 Å². The summed E-state index contributed by atoms with van der Waals surface area (Å²) in [5, 5.41) is 0. The Kier molecular flexibility index (Phi) is 14.9. The summed E-state index contributed by atoms with van der Waals surface area (Å²) in [5.74, 6) is 0. The molecule has 1 aromatic rings. The average Bonchev–Trinajstić information content (AvgIpc) is 1.90. The molecule has 0 aliphatic heterocycles. The van der Waals surface area contributed by atoms with Crippen LogP contribution < -0.4 is 29.7 Å². The number of hydrogen-bond donors (Lipinski definition) is 1. The van der Waals surface area contributed by atoms with E-state index in [0.717, 1.165) is 0 Å². The summed E-state index contributed by atoms with van der Waals surface area (Å²) in [7, 11) is 4.24. The second-order valence-corrected chi connectivity index (χ2v) is 2.37. The van der Waals surface area contributed by atoms with E-state index in [4.69, 9.17) is 0 Å². The van der Waals surface area contributed by atoms with E-state index in [1.54, 1.807) is 0 Å². The van der Waals surface area contributed by atoms with Gasteiger partial charge < -0.3 is 29.7 Å². The quantitative estimate of drug-likeness (QED) is 0.525. The van der Waals surface area contributed by atoms with Crippen LogP contribution >= 0.6 is 0 Å². The van der Waals surface area contributed by atoms with Crippen LogP contribution in [0.4, 0.5) is 5.69 Å². The van der Waals surface area contributed by atoms with E-state index in [0.29, 0.717) is 0 Å². The third-order valence-corrected chi connectivity index (χ3v) is 1.35. The Labute approximate surface area is 105 Å². The molecule has 0 aliphatic rings.